The molecule has 0 saturated carbocycles. The predicted octanol–water partition coefficient (Wildman–Crippen LogP) is 1.50. The van der Waals surface area contributed by atoms with Crippen molar-refractivity contribution in [2.45, 2.75) is 11.6 Å². The number of benzene rings is 1. The highest BCUT2D eigenvalue weighted by Gasteiger charge is 2.21. The normalized spacial score (nSPS) is 11.5. The number of aliphatic hydroxyl groups is 1. The van der Waals surface area contributed by atoms with Crippen LogP contribution in [0.25, 0.3) is 0 Å². The Bertz CT molecular complexity index is 702. The minimum Gasteiger partial charge on any atom is -0.392 e. The van der Waals surface area contributed by atoms with Crippen LogP contribution in [0.15, 0.2) is 29.4 Å². The number of halogens is 2. The molecule has 0 unspecified atom stereocenters. The maximum Gasteiger partial charge on any atom is 0.279 e. The van der Waals surface area contributed by atoms with Crippen molar-refractivity contribution >= 4 is 27.3 Å². The summed E-state index contributed by atoms with van der Waals surface area (Å²) >= 11 is 5.73. The summed E-state index contributed by atoms with van der Waals surface area (Å²) in [6.45, 7) is -0.482. The highest BCUT2D eigenvalue weighted by Crippen LogP contribution is 2.25. The first-order chi connectivity index (χ1) is 8.94. The third-order valence-electron chi connectivity index (χ3n) is 2.29. The van der Waals surface area contributed by atoms with Gasteiger partial charge in [-0.1, -0.05) is 11.6 Å². The van der Waals surface area contributed by atoms with Crippen molar-refractivity contribution in [3.63, 3.8) is 0 Å². The average molecular weight is 306 g/mol. The summed E-state index contributed by atoms with van der Waals surface area (Å²) in [5, 5.41) is 14.5. The summed E-state index contributed by atoms with van der Waals surface area (Å²) in [5.41, 5.74) is 0.146. The van der Waals surface area contributed by atoms with Gasteiger partial charge in [-0.25, -0.2) is 4.39 Å². The van der Waals surface area contributed by atoms with E-state index in [2.05, 4.69) is 14.9 Å². The summed E-state index contributed by atoms with van der Waals surface area (Å²) in [6.07, 6.45) is 1.20. The number of sulfonamides is 1. The van der Waals surface area contributed by atoms with Crippen LogP contribution >= 0.6 is 11.6 Å². The zero-order valence-electron chi connectivity index (χ0n) is 9.39. The van der Waals surface area contributed by atoms with Crippen molar-refractivity contribution in [3.8, 4) is 0 Å². The van der Waals surface area contributed by atoms with Gasteiger partial charge in [-0.05, 0) is 18.2 Å². The molecule has 0 bridgehead atoms. The Morgan fingerprint density at radius 3 is 2.84 bits per heavy atom. The van der Waals surface area contributed by atoms with E-state index in [4.69, 9.17) is 16.7 Å². The number of hydrogen-bond donors (Lipinski definition) is 3. The zero-order valence-corrected chi connectivity index (χ0v) is 11.0. The maximum absolute atomic E-state index is 12.9. The molecule has 0 atom stereocenters. The molecule has 1 aromatic carbocycles. The Morgan fingerprint density at radius 2 is 2.21 bits per heavy atom. The number of hydrogen-bond acceptors (Lipinski definition) is 4. The molecule has 2 aromatic rings. The van der Waals surface area contributed by atoms with E-state index in [1.165, 1.54) is 12.3 Å². The molecule has 0 aliphatic heterocycles. The van der Waals surface area contributed by atoms with E-state index in [-0.39, 0.29) is 21.3 Å². The van der Waals surface area contributed by atoms with Crippen molar-refractivity contribution < 1.29 is 17.9 Å². The molecule has 0 saturated heterocycles. The fourth-order valence-corrected chi connectivity index (χ4v) is 2.89. The van der Waals surface area contributed by atoms with Crippen molar-refractivity contribution in [1.82, 2.24) is 10.2 Å². The first-order valence-electron chi connectivity index (χ1n) is 5.05. The lowest BCUT2D eigenvalue weighted by Crippen LogP contribution is -2.15. The average Bonchev–Trinajstić information content (AvgIpc) is 2.82. The number of aromatic amines is 1. The van der Waals surface area contributed by atoms with Gasteiger partial charge < -0.3 is 5.11 Å². The zero-order chi connectivity index (χ0) is 14.0. The second kappa shape index (κ2) is 5.16. The fraction of sp³-hybridized carbons (Fsp3) is 0.100. The molecule has 3 N–H and O–H groups in total. The Morgan fingerprint density at radius 1 is 1.47 bits per heavy atom. The molecule has 0 aliphatic rings. The van der Waals surface area contributed by atoms with Crippen molar-refractivity contribution in [2.75, 3.05) is 4.72 Å². The maximum atomic E-state index is 12.9. The molecular formula is C10H9ClFN3O3S. The fourth-order valence-electron chi connectivity index (χ4n) is 1.41. The lowest BCUT2D eigenvalue weighted by molar-refractivity contribution is 0.278. The quantitative estimate of drug-likeness (QED) is 0.797. The summed E-state index contributed by atoms with van der Waals surface area (Å²) in [7, 11) is -3.98. The minimum atomic E-state index is -3.98. The summed E-state index contributed by atoms with van der Waals surface area (Å²) < 4.78 is 39.1. The van der Waals surface area contributed by atoms with Crippen LogP contribution in [0.5, 0.6) is 0 Å². The highest BCUT2D eigenvalue weighted by molar-refractivity contribution is 7.92. The topological polar surface area (TPSA) is 95.1 Å². The van der Waals surface area contributed by atoms with Crippen LogP contribution in [-0.4, -0.2) is 23.7 Å². The molecule has 1 heterocycles. The monoisotopic (exact) mass is 305 g/mol. The van der Waals surface area contributed by atoms with Crippen molar-refractivity contribution in [2.24, 2.45) is 0 Å². The molecule has 0 spiro atoms. The number of H-pyrrole nitrogens is 1. The number of aromatic nitrogens is 2. The van der Waals surface area contributed by atoms with Crippen LogP contribution < -0.4 is 4.72 Å². The molecule has 0 fully saturated rings. The van der Waals surface area contributed by atoms with E-state index < -0.39 is 22.4 Å². The second-order valence-corrected chi connectivity index (χ2v) is 5.64. The molecular weight excluding hydrogens is 297 g/mol. The van der Waals surface area contributed by atoms with Gasteiger partial charge in [0, 0.05) is 5.56 Å². The molecule has 102 valence electrons. The van der Waals surface area contributed by atoms with Gasteiger partial charge in [-0.2, -0.15) is 13.5 Å². The van der Waals surface area contributed by atoms with E-state index in [0.717, 1.165) is 12.1 Å². The SMILES string of the molecule is O=S(=O)(Nc1ccc(F)cc1Cl)c1[nH]ncc1CO. The molecule has 9 heteroatoms. The predicted molar refractivity (Wildman–Crippen MR) is 66.7 cm³/mol. The van der Waals surface area contributed by atoms with Crippen LogP contribution in [0.1, 0.15) is 5.56 Å². The van der Waals surface area contributed by atoms with Gasteiger partial charge in [0.05, 0.1) is 23.5 Å². The van der Waals surface area contributed by atoms with Crippen LogP contribution in [0.2, 0.25) is 5.02 Å². The Hall–Kier alpha value is -1.64. The summed E-state index contributed by atoms with van der Waals surface area (Å²) in [5.74, 6) is -0.578. The largest absolute Gasteiger partial charge is 0.392 e. The second-order valence-electron chi connectivity index (χ2n) is 3.61. The van der Waals surface area contributed by atoms with Crippen LogP contribution in [0.3, 0.4) is 0 Å². The summed E-state index contributed by atoms with van der Waals surface area (Å²) in [4.78, 5) is 0. The van der Waals surface area contributed by atoms with E-state index in [1.54, 1.807) is 0 Å². The van der Waals surface area contributed by atoms with Gasteiger partial charge in [0.2, 0.25) is 0 Å². The lowest BCUT2D eigenvalue weighted by Gasteiger charge is -2.09. The van der Waals surface area contributed by atoms with Gasteiger partial charge in [0.25, 0.3) is 10.0 Å². The first-order valence-corrected chi connectivity index (χ1v) is 6.91. The third kappa shape index (κ3) is 2.86. The Labute approximate surface area is 113 Å². The number of anilines is 1. The van der Waals surface area contributed by atoms with E-state index in [0.29, 0.717) is 0 Å². The Kier molecular flexibility index (Phi) is 3.74. The van der Waals surface area contributed by atoms with Gasteiger partial charge >= 0.3 is 0 Å². The van der Waals surface area contributed by atoms with Gasteiger partial charge in [-0.3, -0.25) is 9.82 Å². The van der Waals surface area contributed by atoms with Gasteiger partial charge in [-0.15, -0.1) is 0 Å². The molecule has 19 heavy (non-hydrogen) atoms. The smallest absolute Gasteiger partial charge is 0.279 e. The van der Waals surface area contributed by atoms with Crippen LogP contribution in [-0.2, 0) is 16.6 Å². The van der Waals surface area contributed by atoms with E-state index in [9.17, 15) is 12.8 Å². The van der Waals surface area contributed by atoms with Gasteiger partial charge in [0.15, 0.2) is 5.03 Å². The number of rotatable bonds is 4. The molecule has 0 radical (unpaired) electrons. The van der Waals surface area contributed by atoms with Crippen molar-refractivity contribution in [1.29, 1.82) is 0 Å². The number of nitrogens with one attached hydrogen (secondary N) is 2. The molecule has 6 nitrogen and oxygen atoms in total. The van der Waals surface area contributed by atoms with E-state index >= 15 is 0 Å². The third-order valence-corrected chi connectivity index (χ3v) is 3.98. The number of aliphatic hydroxyl groups excluding tert-OH is 1. The number of nitrogens with zero attached hydrogens (tertiary/aromatic N) is 1. The molecule has 1 aromatic heterocycles. The lowest BCUT2D eigenvalue weighted by atomic mass is 10.3. The van der Waals surface area contributed by atoms with Crippen LogP contribution in [0.4, 0.5) is 10.1 Å². The van der Waals surface area contributed by atoms with Crippen molar-refractivity contribution in [3.05, 3.63) is 40.8 Å². The van der Waals surface area contributed by atoms with Gasteiger partial charge in [0.1, 0.15) is 5.82 Å². The summed E-state index contributed by atoms with van der Waals surface area (Å²) in [6, 6.07) is 3.26. The highest BCUT2D eigenvalue weighted by atomic mass is 35.5. The van der Waals surface area contributed by atoms with Crippen LogP contribution in [0, 0.1) is 5.82 Å². The first kappa shape index (κ1) is 13.8. The Balaban J connectivity index is 2.37. The molecule has 0 amide bonds. The minimum absolute atomic E-state index is 0.0292. The molecule has 2 rings (SSSR count). The molecule has 0 aliphatic carbocycles. The van der Waals surface area contributed by atoms with E-state index in [1.807, 2.05) is 0 Å². The standard InChI is InChI=1S/C10H9ClFN3O3S/c11-8-3-7(12)1-2-9(8)15-19(17,18)10-6(5-16)4-13-14-10/h1-4,15-16H,5H2,(H,13,14).